The molecule has 3 heteroatoms. The third kappa shape index (κ3) is 3.13. The summed E-state index contributed by atoms with van der Waals surface area (Å²) in [4.78, 5) is 2.51. The molecule has 2 rings (SSSR count). The van der Waals surface area contributed by atoms with Crippen molar-refractivity contribution in [1.82, 2.24) is 5.32 Å². The maximum Gasteiger partial charge on any atom is 0.0502 e. The minimum Gasteiger partial charge on any atom is -0.368 e. The predicted octanol–water partition coefficient (Wildman–Crippen LogP) is 3.12. The first-order valence-electron chi connectivity index (χ1n) is 6.21. The van der Waals surface area contributed by atoms with Gasteiger partial charge in [0.2, 0.25) is 0 Å². The van der Waals surface area contributed by atoms with Crippen LogP contribution in [0.15, 0.2) is 24.3 Å². The molecule has 0 bridgehead atoms. The zero-order valence-electron chi connectivity index (χ0n) is 10.8. The number of benzene rings is 1. The van der Waals surface area contributed by atoms with E-state index in [1.807, 2.05) is 0 Å². The number of halogens is 1. The molecule has 0 radical (unpaired) electrons. The molecule has 1 atom stereocenters. The Labute approximate surface area is 118 Å². The highest BCUT2D eigenvalue weighted by Gasteiger charge is 2.29. The Kier molecular flexibility index (Phi) is 3.98. The van der Waals surface area contributed by atoms with Crippen molar-refractivity contribution < 1.29 is 0 Å². The summed E-state index contributed by atoms with van der Waals surface area (Å²) in [5.41, 5.74) is 1.70. The maximum absolute atomic E-state index is 3.63. The van der Waals surface area contributed by atoms with Crippen molar-refractivity contribution in [3.05, 3.63) is 27.8 Å². The molecule has 1 fully saturated rings. The number of rotatable bonds is 1. The first-order valence-corrected chi connectivity index (χ1v) is 7.29. The molecule has 0 amide bonds. The monoisotopic (exact) mass is 344 g/mol. The molecule has 1 aromatic rings. The van der Waals surface area contributed by atoms with Crippen molar-refractivity contribution in [2.45, 2.75) is 26.8 Å². The van der Waals surface area contributed by atoms with Gasteiger partial charge in [-0.2, -0.15) is 0 Å². The van der Waals surface area contributed by atoms with E-state index in [4.69, 9.17) is 0 Å². The number of nitrogens with one attached hydrogen (secondary N) is 1. The van der Waals surface area contributed by atoms with Gasteiger partial charge in [-0.1, -0.05) is 32.9 Å². The molecular formula is C14H21IN2. The number of hydrogen-bond donors (Lipinski definition) is 1. The quantitative estimate of drug-likeness (QED) is 0.788. The van der Waals surface area contributed by atoms with E-state index in [9.17, 15) is 0 Å². The fraction of sp³-hybridized carbons (Fsp3) is 0.571. The Hall–Kier alpha value is -0.290. The first-order chi connectivity index (χ1) is 7.98. The van der Waals surface area contributed by atoms with Gasteiger partial charge in [-0.3, -0.25) is 0 Å². The predicted molar refractivity (Wildman–Crippen MR) is 82.6 cm³/mol. The summed E-state index contributed by atoms with van der Waals surface area (Å²) in [6.45, 7) is 10.2. The largest absolute Gasteiger partial charge is 0.368 e. The summed E-state index contributed by atoms with van der Waals surface area (Å²) >= 11 is 2.43. The molecule has 0 aromatic heterocycles. The Morgan fingerprint density at radius 3 is 2.65 bits per heavy atom. The lowest BCUT2D eigenvalue weighted by atomic mass is 9.85. The second kappa shape index (κ2) is 5.14. The zero-order chi connectivity index (χ0) is 12.5. The molecular weight excluding hydrogens is 323 g/mol. The second-order valence-electron chi connectivity index (χ2n) is 5.77. The molecule has 1 aliphatic rings. The van der Waals surface area contributed by atoms with Gasteiger partial charge in [0.15, 0.2) is 0 Å². The number of para-hydroxylation sites is 1. The van der Waals surface area contributed by atoms with Gasteiger partial charge in [0, 0.05) is 29.2 Å². The molecule has 1 heterocycles. The van der Waals surface area contributed by atoms with Crippen LogP contribution in [0.2, 0.25) is 0 Å². The molecule has 1 aliphatic heterocycles. The normalized spacial score (nSPS) is 21.6. The van der Waals surface area contributed by atoms with Crippen LogP contribution in [0.5, 0.6) is 0 Å². The average molecular weight is 344 g/mol. The van der Waals surface area contributed by atoms with Crippen molar-refractivity contribution >= 4 is 28.3 Å². The summed E-state index contributed by atoms with van der Waals surface area (Å²) in [7, 11) is 0. The Morgan fingerprint density at radius 2 is 2.00 bits per heavy atom. The number of piperazine rings is 1. The van der Waals surface area contributed by atoms with Gasteiger partial charge in [0.05, 0.1) is 5.69 Å². The standard InChI is InChI=1S/C14H21IN2/c1-14(2,3)13-10-17(9-8-16-13)12-7-5-4-6-11(12)15/h4-7,13,16H,8-10H2,1-3H3. The van der Waals surface area contributed by atoms with Crippen molar-refractivity contribution in [2.24, 2.45) is 5.41 Å². The molecule has 0 spiro atoms. The summed E-state index contributed by atoms with van der Waals surface area (Å²) in [6.07, 6.45) is 0. The van der Waals surface area contributed by atoms with Crippen molar-refractivity contribution in [1.29, 1.82) is 0 Å². The second-order valence-corrected chi connectivity index (χ2v) is 6.93. The van der Waals surface area contributed by atoms with Gasteiger partial charge in [-0.15, -0.1) is 0 Å². The molecule has 1 unspecified atom stereocenters. The highest BCUT2D eigenvalue weighted by molar-refractivity contribution is 14.1. The third-order valence-corrected chi connectivity index (χ3v) is 4.33. The smallest absolute Gasteiger partial charge is 0.0502 e. The highest BCUT2D eigenvalue weighted by atomic mass is 127. The van der Waals surface area contributed by atoms with Crippen molar-refractivity contribution in [3.8, 4) is 0 Å². The van der Waals surface area contributed by atoms with Crippen molar-refractivity contribution in [2.75, 3.05) is 24.5 Å². The van der Waals surface area contributed by atoms with Gasteiger partial charge in [-0.25, -0.2) is 0 Å². The van der Waals surface area contributed by atoms with Crippen LogP contribution in [0.25, 0.3) is 0 Å². The first kappa shape index (κ1) is 13.1. The van der Waals surface area contributed by atoms with E-state index in [-0.39, 0.29) is 0 Å². The van der Waals surface area contributed by atoms with Crippen LogP contribution in [0.1, 0.15) is 20.8 Å². The number of nitrogens with zero attached hydrogens (tertiary/aromatic N) is 1. The van der Waals surface area contributed by atoms with Crippen LogP contribution in [-0.2, 0) is 0 Å². The summed E-state index contributed by atoms with van der Waals surface area (Å²) in [5.74, 6) is 0. The molecule has 1 saturated heterocycles. The van der Waals surface area contributed by atoms with Gasteiger partial charge >= 0.3 is 0 Å². The third-order valence-electron chi connectivity index (χ3n) is 3.41. The number of hydrogen-bond acceptors (Lipinski definition) is 2. The zero-order valence-corrected chi connectivity index (χ0v) is 13.0. The van der Waals surface area contributed by atoms with Crippen LogP contribution in [0, 0.1) is 8.99 Å². The van der Waals surface area contributed by atoms with E-state index in [1.54, 1.807) is 0 Å². The Bertz CT molecular complexity index is 384. The lowest BCUT2D eigenvalue weighted by molar-refractivity contribution is 0.254. The highest BCUT2D eigenvalue weighted by Crippen LogP contribution is 2.27. The minimum absolute atomic E-state index is 0.318. The molecule has 1 N–H and O–H groups in total. The van der Waals surface area contributed by atoms with E-state index in [1.165, 1.54) is 9.26 Å². The van der Waals surface area contributed by atoms with Gasteiger partial charge in [0.25, 0.3) is 0 Å². The lowest BCUT2D eigenvalue weighted by Gasteiger charge is -2.41. The molecule has 1 aromatic carbocycles. The van der Waals surface area contributed by atoms with Crippen LogP contribution < -0.4 is 10.2 Å². The van der Waals surface area contributed by atoms with Crippen molar-refractivity contribution in [3.63, 3.8) is 0 Å². The van der Waals surface area contributed by atoms with Gasteiger partial charge in [-0.05, 0) is 40.1 Å². The number of anilines is 1. The van der Waals surface area contributed by atoms with Crippen LogP contribution >= 0.6 is 22.6 Å². The molecule has 0 aliphatic carbocycles. The summed E-state index contributed by atoms with van der Waals surface area (Å²) < 4.78 is 1.35. The lowest BCUT2D eigenvalue weighted by Crippen LogP contribution is -2.56. The van der Waals surface area contributed by atoms with Gasteiger partial charge in [0.1, 0.15) is 0 Å². The van der Waals surface area contributed by atoms with Crippen LogP contribution in [-0.4, -0.2) is 25.7 Å². The topological polar surface area (TPSA) is 15.3 Å². The molecule has 94 valence electrons. The summed E-state index contributed by atoms with van der Waals surface area (Å²) in [6, 6.07) is 9.21. The molecule has 2 nitrogen and oxygen atoms in total. The van der Waals surface area contributed by atoms with Crippen LogP contribution in [0.4, 0.5) is 5.69 Å². The van der Waals surface area contributed by atoms with E-state index in [2.05, 4.69) is 77.8 Å². The SMILES string of the molecule is CC(C)(C)C1CN(c2ccccc2I)CCN1. The summed E-state index contributed by atoms with van der Waals surface area (Å²) in [5, 5.41) is 3.63. The van der Waals surface area contributed by atoms with E-state index in [0.29, 0.717) is 11.5 Å². The van der Waals surface area contributed by atoms with E-state index in [0.717, 1.165) is 19.6 Å². The molecule has 17 heavy (non-hydrogen) atoms. The van der Waals surface area contributed by atoms with Gasteiger partial charge < -0.3 is 10.2 Å². The van der Waals surface area contributed by atoms with Crippen LogP contribution in [0.3, 0.4) is 0 Å². The van der Waals surface area contributed by atoms with E-state index >= 15 is 0 Å². The Morgan fingerprint density at radius 1 is 1.29 bits per heavy atom. The average Bonchev–Trinajstić information content (AvgIpc) is 2.29. The maximum atomic E-state index is 3.63. The minimum atomic E-state index is 0.318. The fourth-order valence-electron chi connectivity index (χ4n) is 2.26. The Balaban J connectivity index is 2.15. The molecule has 0 saturated carbocycles. The van der Waals surface area contributed by atoms with E-state index < -0.39 is 0 Å². The fourth-order valence-corrected chi connectivity index (χ4v) is 2.99.